The second-order valence-corrected chi connectivity index (χ2v) is 5.81. The van der Waals surface area contributed by atoms with E-state index >= 15 is 0 Å². The monoisotopic (exact) mass is 285 g/mol. The van der Waals surface area contributed by atoms with Crippen LogP contribution in [0.1, 0.15) is 43.4 Å². The van der Waals surface area contributed by atoms with E-state index in [2.05, 4.69) is 35.9 Å². The maximum Gasteiger partial charge on any atom is 0.290 e. The summed E-state index contributed by atoms with van der Waals surface area (Å²) in [7, 11) is 0. The van der Waals surface area contributed by atoms with Gasteiger partial charge in [0.2, 0.25) is 0 Å². The van der Waals surface area contributed by atoms with Gasteiger partial charge in [0, 0.05) is 19.0 Å². The SMILES string of the molecule is CCn1c(C2CC2)c(N)c(=O)n1CCCc1ccccc1. The van der Waals surface area contributed by atoms with Gasteiger partial charge in [0.05, 0.1) is 5.69 Å². The molecule has 2 aromatic rings. The number of hydrogen-bond acceptors (Lipinski definition) is 2. The second-order valence-electron chi connectivity index (χ2n) is 5.81. The first-order valence-electron chi connectivity index (χ1n) is 7.85. The predicted molar refractivity (Wildman–Crippen MR) is 85.5 cm³/mol. The molecule has 0 saturated heterocycles. The highest BCUT2D eigenvalue weighted by Gasteiger charge is 2.31. The Morgan fingerprint density at radius 2 is 1.90 bits per heavy atom. The third kappa shape index (κ3) is 2.75. The Balaban J connectivity index is 1.76. The van der Waals surface area contributed by atoms with Gasteiger partial charge in [0.1, 0.15) is 5.69 Å². The maximum absolute atomic E-state index is 12.4. The molecule has 0 unspecified atom stereocenters. The van der Waals surface area contributed by atoms with Crippen LogP contribution in [-0.4, -0.2) is 9.36 Å². The molecule has 4 heteroatoms. The summed E-state index contributed by atoms with van der Waals surface area (Å²) in [4.78, 5) is 12.4. The van der Waals surface area contributed by atoms with Gasteiger partial charge in [-0.3, -0.25) is 9.48 Å². The van der Waals surface area contributed by atoms with Crippen LogP contribution in [0.25, 0.3) is 0 Å². The molecule has 21 heavy (non-hydrogen) atoms. The van der Waals surface area contributed by atoms with E-state index < -0.39 is 0 Å². The summed E-state index contributed by atoms with van der Waals surface area (Å²) in [5, 5.41) is 0. The maximum atomic E-state index is 12.4. The highest BCUT2D eigenvalue weighted by atomic mass is 16.1. The van der Waals surface area contributed by atoms with Gasteiger partial charge in [-0.1, -0.05) is 30.3 Å². The van der Waals surface area contributed by atoms with Crippen LogP contribution in [0.4, 0.5) is 5.69 Å². The molecule has 1 saturated carbocycles. The van der Waals surface area contributed by atoms with Gasteiger partial charge in [-0.05, 0) is 38.2 Å². The Kier molecular flexibility index (Phi) is 3.86. The molecule has 1 aromatic carbocycles. The Hall–Kier alpha value is -1.97. The van der Waals surface area contributed by atoms with Crippen LogP contribution in [0.2, 0.25) is 0 Å². The number of hydrogen-bond donors (Lipinski definition) is 1. The molecule has 0 spiro atoms. The normalized spacial score (nSPS) is 14.5. The van der Waals surface area contributed by atoms with Crippen molar-refractivity contribution in [2.24, 2.45) is 0 Å². The smallest absolute Gasteiger partial charge is 0.290 e. The van der Waals surface area contributed by atoms with Gasteiger partial charge >= 0.3 is 0 Å². The number of nitrogens with zero attached hydrogens (tertiary/aromatic N) is 2. The van der Waals surface area contributed by atoms with Crippen LogP contribution in [0.15, 0.2) is 35.1 Å². The first-order valence-corrected chi connectivity index (χ1v) is 7.85. The molecular weight excluding hydrogens is 262 g/mol. The number of aryl methyl sites for hydroxylation is 1. The Labute approximate surface area is 125 Å². The van der Waals surface area contributed by atoms with Crippen molar-refractivity contribution in [3.8, 4) is 0 Å². The summed E-state index contributed by atoms with van der Waals surface area (Å²) in [5.41, 5.74) is 8.90. The first kappa shape index (κ1) is 14.0. The van der Waals surface area contributed by atoms with Crippen LogP contribution in [0.5, 0.6) is 0 Å². The summed E-state index contributed by atoms with van der Waals surface area (Å²) in [6.45, 7) is 3.63. The molecule has 0 amide bonds. The van der Waals surface area contributed by atoms with E-state index in [4.69, 9.17) is 5.73 Å². The summed E-state index contributed by atoms with van der Waals surface area (Å²) >= 11 is 0. The number of aromatic nitrogens is 2. The fraction of sp³-hybridized carbons (Fsp3) is 0.471. The van der Waals surface area contributed by atoms with Crippen molar-refractivity contribution < 1.29 is 0 Å². The van der Waals surface area contributed by atoms with Crippen LogP contribution in [-0.2, 0) is 19.5 Å². The Morgan fingerprint density at radius 1 is 1.19 bits per heavy atom. The van der Waals surface area contributed by atoms with Crippen molar-refractivity contribution in [2.45, 2.75) is 51.6 Å². The number of nitrogen functional groups attached to an aromatic ring is 1. The van der Waals surface area contributed by atoms with Crippen LogP contribution >= 0.6 is 0 Å². The fourth-order valence-electron chi connectivity index (χ4n) is 3.06. The zero-order chi connectivity index (χ0) is 14.8. The van der Waals surface area contributed by atoms with Crippen molar-refractivity contribution in [1.29, 1.82) is 0 Å². The molecule has 0 atom stereocenters. The van der Waals surface area contributed by atoms with E-state index in [1.165, 1.54) is 5.56 Å². The van der Waals surface area contributed by atoms with Crippen molar-refractivity contribution >= 4 is 5.69 Å². The van der Waals surface area contributed by atoms with E-state index in [9.17, 15) is 4.79 Å². The van der Waals surface area contributed by atoms with Gasteiger partial charge in [0.15, 0.2) is 0 Å². The van der Waals surface area contributed by atoms with E-state index in [-0.39, 0.29) is 5.56 Å². The highest BCUT2D eigenvalue weighted by Crippen LogP contribution is 2.42. The van der Waals surface area contributed by atoms with Gasteiger partial charge in [-0.2, -0.15) is 0 Å². The minimum absolute atomic E-state index is 0.00758. The molecule has 3 rings (SSSR count). The number of anilines is 1. The zero-order valence-corrected chi connectivity index (χ0v) is 12.6. The molecule has 1 aliphatic rings. The molecule has 0 aliphatic heterocycles. The molecule has 4 nitrogen and oxygen atoms in total. The molecule has 1 aliphatic carbocycles. The standard InChI is InChI=1S/C17H23N3O/c1-2-19-16(14-10-11-14)15(18)17(21)20(19)12-6-9-13-7-4-3-5-8-13/h3-5,7-8,14H,2,6,9-12,18H2,1H3. The highest BCUT2D eigenvalue weighted by molar-refractivity contribution is 5.45. The van der Waals surface area contributed by atoms with Crippen molar-refractivity contribution in [3.63, 3.8) is 0 Å². The first-order chi connectivity index (χ1) is 10.2. The quantitative estimate of drug-likeness (QED) is 0.887. The molecule has 2 N–H and O–H groups in total. The molecule has 1 aromatic heterocycles. The minimum atomic E-state index is -0.00758. The van der Waals surface area contributed by atoms with E-state index in [0.717, 1.165) is 44.5 Å². The lowest BCUT2D eigenvalue weighted by molar-refractivity contribution is 0.434. The number of benzene rings is 1. The number of rotatable bonds is 6. The van der Waals surface area contributed by atoms with Gasteiger partial charge in [-0.15, -0.1) is 0 Å². The minimum Gasteiger partial charge on any atom is -0.393 e. The molecule has 112 valence electrons. The summed E-state index contributed by atoms with van der Waals surface area (Å²) < 4.78 is 3.94. The van der Waals surface area contributed by atoms with E-state index in [1.807, 2.05) is 10.7 Å². The Morgan fingerprint density at radius 3 is 2.52 bits per heavy atom. The zero-order valence-electron chi connectivity index (χ0n) is 12.6. The second kappa shape index (κ2) is 5.80. The lowest BCUT2D eigenvalue weighted by atomic mass is 10.1. The van der Waals surface area contributed by atoms with Crippen molar-refractivity contribution in [1.82, 2.24) is 9.36 Å². The molecular formula is C17H23N3O. The van der Waals surface area contributed by atoms with Crippen LogP contribution in [0.3, 0.4) is 0 Å². The van der Waals surface area contributed by atoms with Crippen molar-refractivity contribution in [2.75, 3.05) is 5.73 Å². The average Bonchev–Trinajstić information content (AvgIpc) is 3.31. The largest absolute Gasteiger partial charge is 0.393 e. The molecule has 1 fully saturated rings. The topological polar surface area (TPSA) is 52.9 Å². The van der Waals surface area contributed by atoms with E-state index in [0.29, 0.717) is 11.6 Å². The average molecular weight is 285 g/mol. The molecule has 0 radical (unpaired) electrons. The number of nitrogens with two attached hydrogens (primary N) is 1. The predicted octanol–water partition coefficient (Wildman–Crippen LogP) is 2.76. The third-order valence-corrected chi connectivity index (χ3v) is 4.25. The van der Waals surface area contributed by atoms with Crippen LogP contribution < -0.4 is 11.3 Å². The summed E-state index contributed by atoms with van der Waals surface area (Å²) in [6.07, 6.45) is 4.27. The van der Waals surface area contributed by atoms with Gasteiger partial charge in [0.25, 0.3) is 5.56 Å². The fourth-order valence-corrected chi connectivity index (χ4v) is 3.06. The van der Waals surface area contributed by atoms with Gasteiger partial charge in [-0.25, -0.2) is 4.68 Å². The lowest BCUT2D eigenvalue weighted by Crippen LogP contribution is -2.24. The third-order valence-electron chi connectivity index (χ3n) is 4.25. The lowest BCUT2D eigenvalue weighted by Gasteiger charge is -2.12. The summed E-state index contributed by atoms with van der Waals surface area (Å²) in [6, 6.07) is 10.4. The van der Waals surface area contributed by atoms with Crippen molar-refractivity contribution in [3.05, 3.63) is 51.9 Å². The summed E-state index contributed by atoms with van der Waals surface area (Å²) in [5.74, 6) is 0.507. The van der Waals surface area contributed by atoms with E-state index in [1.54, 1.807) is 0 Å². The molecule has 0 bridgehead atoms. The Bertz CT molecular complexity index is 665. The van der Waals surface area contributed by atoms with Gasteiger partial charge < -0.3 is 5.73 Å². The van der Waals surface area contributed by atoms with Crippen LogP contribution in [0, 0.1) is 0 Å². The molecule has 1 heterocycles.